The molecule has 0 radical (unpaired) electrons. The molecule has 1 unspecified atom stereocenters. The van der Waals surface area contributed by atoms with Gasteiger partial charge in [0.1, 0.15) is 0 Å². The van der Waals surface area contributed by atoms with Gasteiger partial charge in [0.2, 0.25) is 0 Å². The largest absolute Gasteiger partial charge is 0.323 e. The number of nitrogens with two attached hydrogens (primary N) is 2. The molecular weight excluding hydrogens is 160 g/mol. The first-order chi connectivity index (χ1) is 5.22. The van der Waals surface area contributed by atoms with E-state index < -0.39 is 11.0 Å². The SMILES string of the molecule is N/C(c1ccccc1)=S(\N)O. The lowest BCUT2D eigenvalue weighted by Gasteiger charge is -2.01. The van der Waals surface area contributed by atoms with Gasteiger partial charge in [-0.2, -0.15) is 0 Å². The Morgan fingerprint density at radius 3 is 2.27 bits per heavy atom. The number of benzene rings is 1. The molecule has 4 heteroatoms. The monoisotopic (exact) mass is 170 g/mol. The zero-order valence-electron chi connectivity index (χ0n) is 5.90. The molecule has 11 heavy (non-hydrogen) atoms. The van der Waals surface area contributed by atoms with Crippen LogP contribution in [0.15, 0.2) is 30.3 Å². The maximum absolute atomic E-state index is 8.92. The first-order valence-corrected chi connectivity index (χ1v) is 4.32. The van der Waals surface area contributed by atoms with Crippen LogP contribution in [0.4, 0.5) is 0 Å². The fourth-order valence-corrected chi connectivity index (χ4v) is 1.10. The van der Waals surface area contributed by atoms with E-state index in [1.165, 1.54) is 0 Å². The first-order valence-electron chi connectivity index (χ1n) is 3.07. The highest BCUT2D eigenvalue weighted by Gasteiger charge is 1.96. The normalized spacial score (nSPS) is 14.3. The molecule has 1 aromatic carbocycles. The fourth-order valence-electron chi connectivity index (χ4n) is 0.723. The summed E-state index contributed by atoms with van der Waals surface area (Å²) in [5, 5.41) is 5.19. The Bertz CT molecular complexity index is 267. The topological polar surface area (TPSA) is 72.3 Å². The Labute approximate surface area is 67.9 Å². The lowest BCUT2D eigenvalue weighted by atomic mass is 10.2. The van der Waals surface area contributed by atoms with Crippen molar-refractivity contribution in [3.63, 3.8) is 0 Å². The lowest BCUT2D eigenvalue weighted by molar-refractivity contribution is 0.661. The van der Waals surface area contributed by atoms with Crippen LogP contribution in [0.1, 0.15) is 5.56 Å². The summed E-state index contributed by atoms with van der Waals surface area (Å²) < 4.78 is 8.92. The molecule has 0 amide bonds. The molecule has 0 aliphatic heterocycles. The van der Waals surface area contributed by atoms with E-state index in [9.17, 15) is 0 Å². The van der Waals surface area contributed by atoms with Crippen molar-refractivity contribution >= 4 is 15.9 Å². The van der Waals surface area contributed by atoms with Crippen LogP contribution in [0.2, 0.25) is 0 Å². The van der Waals surface area contributed by atoms with Crippen LogP contribution in [-0.2, 0) is 0 Å². The van der Waals surface area contributed by atoms with Crippen LogP contribution < -0.4 is 10.9 Å². The van der Waals surface area contributed by atoms with Crippen LogP contribution in [0.5, 0.6) is 0 Å². The molecule has 0 heterocycles. The molecule has 60 valence electrons. The van der Waals surface area contributed by atoms with Crippen LogP contribution >= 0.6 is 11.0 Å². The predicted octanol–water partition coefficient (Wildman–Crippen LogP) is 0.739. The third kappa shape index (κ3) is 2.13. The molecule has 3 nitrogen and oxygen atoms in total. The van der Waals surface area contributed by atoms with Crippen molar-refractivity contribution in [1.82, 2.24) is 0 Å². The second-order valence-electron chi connectivity index (χ2n) is 2.04. The minimum absolute atomic E-state index is 0.325. The number of hydrogen-bond donors (Lipinski definition) is 3. The van der Waals surface area contributed by atoms with Crippen LogP contribution in [0, 0.1) is 0 Å². The van der Waals surface area contributed by atoms with Crippen molar-refractivity contribution in [2.45, 2.75) is 0 Å². The maximum Gasteiger partial charge on any atom is 0.0834 e. The Kier molecular flexibility index (Phi) is 2.78. The van der Waals surface area contributed by atoms with Gasteiger partial charge in [-0.05, 0) is 0 Å². The Hall–Kier alpha value is -0.680. The summed E-state index contributed by atoms with van der Waals surface area (Å²) in [6, 6.07) is 9.17. The van der Waals surface area contributed by atoms with Gasteiger partial charge >= 0.3 is 0 Å². The molecule has 0 aliphatic carbocycles. The molecule has 5 N–H and O–H groups in total. The van der Waals surface area contributed by atoms with Gasteiger partial charge in [0.15, 0.2) is 0 Å². The summed E-state index contributed by atoms with van der Waals surface area (Å²) >= 11 is 0. The molecule has 0 saturated heterocycles. The van der Waals surface area contributed by atoms with Crippen molar-refractivity contribution in [3.05, 3.63) is 35.9 Å². The Balaban J connectivity index is 3.04. The second kappa shape index (κ2) is 3.64. The zero-order chi connectivity index (χ0) is 8.27. The number of hydrogen-bond acceptors (Lipinski definition) is 2. The van der Waals surface area contributed by atoms with Crippen molar-refractivity contribution < 1.29 is 4.55 Å². The van der Waals surface area contributed by atoms with Crippen molar-refractivity contribution in [2.24, 2.45) is 10.9 Å². The molecule has 0 aromatic heterocycles. The van der Waals surface area contributed by atoms with E-state index in [1.54, 1.807) is 12.1 Å². The zero-order valence-corrected chi connectivity index (χ0v) is 6.71. The summed E-state index contributed by atoms with van der Waals surface area (Å²) in [4.78, 5) is 0.325. The summed E-state index contributed by atoms with van der Waals surface area (Å²) in [6.07, 6.45) is 0. The quantitative estimate of drug-likeness (QED) is 0.544. The van der Waals surface area contributed by atoms with Crippen molar-refractivity contribution in [2.75, 3.05) is 0 Å². The molecule has 0 bridgehead atoms. The molecule has 0 fully saturated rings. The van der Waals surface area contributed by atoms with E-state index >= 15 is 0 Å². The van der Waals surface area contributed by atoms with Gasteiger partial charge in [0.05, 0.1) is 4.99 Å². The van der Waals surface area contributed by atoms with Gasteiger partial charge in [-0.3, -0.25) is 10.9 Å². The van der Waals surface area contributed by atoms with Crippen molar-refractivity contribution in [1.29, 1.82) is 0 Å². The standard InChI is InChI=1S/C7H10N2OS/c8-7(11(9)10)6-4-2-1-3-5-6/h1-5,10H,8-9H2. The van der Waals surface area contributed by atoms with Crippen molar-refractivity contribution in [3.8, 4) is 0 Å². The number of rotatable bonds is 1. The minimum atomic E-state index is -1.32. The van der Waals surface area contributed by atoms with E-state index in [-0.39, 0.29) is 0 Å². The second-order valence-corrected chi connectivity index (χ2v) is 3.11. The summed E-state index contributed by atoms with van der Waals surface area (Å²) in [5.74, 6) is 0. The Morgan fingerprint density at radius 2 is 1.82 bits per heavy atom. The van der Waals surface area contributed by atoms with E-state index in [0.717, 1.165) is 5.56 Å². The summed E-state index contributed by atoms with van der Waals surface area (Å²) in [6.45, 7) is 0. The van der Waals surface area contributed by atoms with Gasteiger partial charge < -0.3 is 4.55 Å². The fraction of sp³-hybridized carbons (Fsp3) is 0. The first kappa shape index (κ1) is 8.42. The maximum atomic E-state index is 8.92. The van der Waals surface area contributed by atoms with E-state index in [0.29, 0.717) is 4.99 Å². The minimum Gasteiger partial charge on any atom is -0.323 e. The van der Waals surface area contributed by atoms with Gasteiger partial charge in [0.25, 0.3) is 0 Å². The highest BCUT2D eigenvalue weighted by Crippen LogP contribution is 2.03. The summed E-state index contributed by atoms with van der Waals surface area (Å²) in [5.41, 5.74) is 6.27. The molecular formula is C7H10N2OS. The summed E-state index contributed by atoms with van der Waals surface area (Å²) in [7, 11) is -1.32. The Morgan fingerprint density at radius 1 is 1.27 bits per heavy atom. The van der Waals surface area contributed by atoms with Crippen LogP contribution in [0.25, 0.3) is 0 Å². The van der Waals surface area contributed by atoms with Crippen LogP contribution in [-0.4, -0.2) is 9.54 Å². The molecule has 0 saturated carbocycles. The molecule has 0 aliphatic rings. The van der Waals surface area contributed by atoms with E-state index in [1.807, 2.05) is 18.2 Å². The molecule has 1 aromatic rings. The lowest BCUT2D eigenvalue weighted by Crippen LogP contribution is -2.15. The van der Waals surface area contributed by atoms with Gasteiger partial charge in [0, 0.05) is 16.5 Å². The van der Waals surface area contributed by atoms with E-state index in [4.69, 9.17) is 15.4 Å². The van der Waals surface area contributed by atoms with Gasteiger partial charge in [-0.25, -0.2) is 0 Å². The average molecular weight is 170 g/mol. The highest BCUT2D eigenvalue weighted by molar-refractivity contribution is 8.09. The van der Waals surface area contributed by atoms with Crippen LogP contribution in [0.3, 0.4) is 0 Å². The molecule has 1 atom stereocenters. The van der Waals surface area contributed by atoms with E-state index in [2.05, 4.69) is 0 Å². The molecule has 1 rings (SSSR count). The average Bonchev–Trinajstić information content (AvgIpc) is 2.05. The molecule has 0 spiro atoms. The smallest absolute Gasteiger partial charge is 0.0834 e. The third-order valence-corrected chi connectivity index (χ3v) is 1.97. The van der Waals surface area contributed by atoms with Gasteiger partial charge in [-0.15, -0.1) is 0 Å². The highest BCUT2D eigenvalue weighted by atomic mass is 32.2. The third-order valence-electron chi connectivity index (χ3n) is 1.28. The predicted molar refractivity (Wildman–Crippen MR) is 49.1 cm³/mol. The van der Waals surface area contributed by atoms with Gasteiger partial charge in [-0.1, -0.05) is 30.3 Å².